The molecule has 11 heteroatoms. The van der Waals surface area contributed by atoms with E-state index < -0.39 is 11.9 Å². The highest BCUT2D eigenvalue weighted by atomic mass is 16.5. The van der Waals surface area contributed by atoms with Crippen molar-refractivity contribution in [1.82, 2.24) is 15.2 Å². The summed E-state index contributed by atoms with van der Waals surface area (Å²) in [5, 5.41) is 20.3. The number of carboxylic acids is 1. The van der Waals surface area contributed by atoms with Crippen LogP contribution in [0, 0.1) is 5.41 Å². The first-order valence-electron chi connectivity index (χ1n) is 14.9. The number of aromatic nitrogens is 1. The van der Waals surface area contributed by atoms with Crippen molar-refractivity contribution >= 4 is 29.2 Å². The van der Waals surface area contributed by atoms with Crippen molar-refractivity contribution in [3.05, 3.63) is 46.3 Å². The molecule has 3 rings (SSSR count). The lowest BCUT2D eigenvalue weighted by molar-refractivity contribution is -0.137. The summed E-state index contributed by atoms with van der Waals surface area (Å²) in [6, 6.07) is 5.47. The number of unbranched alkanes of at least 4 members (excludes halogenated alkanes) is 1. The second-order valence-electron chi connectivity index (χ2n) is 11.5. The van der Waals surface area contributed by atoms with E-state index in [0.29, 0.717) is 68.4 Å². The number of pyridine rings is 1. The topological polar surface area (TPSA) is 145 Å². The number of amides is 1. The number of nitrogens with zero attached hydrogens (tertiary/aromatic N) is 3. The monoisotopic (exact) mass is 595 g/mol. The predicted molar refractivity (Wildman–Crippen MR) is 166 cm³/mol. The van der Waals surface area contributed by atoms with E-state index in [1.54, 1.807) is 11.0 Å². The molecule has 2 heterocycles. The lowest BCUT2D eigenvalue weighted by atomic mass is 9.84. The Morgan fingerprint density at radius 3 is 2.37 bits per heavy atom. The molecule has 234 valence electrons. The lowest BCUT2D eigenvalue weighted by Crippen LogP contribution is -2.31. The highest BCUT2D eigenvalue weighted by Crippen LogP contribution is 2.41. The van der Waals surface area contributed by atoms with Crippen LogP contribution in [0.5, 0.6) is 11.5 Å². The highest BCUT2D eigenvalue weighted by Gasteiger charge is 2.32. The van der Waals surface area contributed by atoms with Crippen LogP contribution in [-0.4, -0.2) is 78.4 Å². The molecule has 0 bridgehead atoms. The second kappa shape index (κ2) is 14.3. The maximum absolute atomic E-state index is 13.8. The van der Waals surface area contributed by atoms with Crippen LogP contribution in [0.2, 0.25) is 0 Å². The molecule has 0 spiro atoms. The summed E-state index contributed by atoms with van der Waals surface area (Å²) in [6.07, 6.45) is 1.22. The van der Waals surface area contributed by atoms with Crippen molar-refractivity contribution in [3.63, 3.8) is 0 Å². The number of ether oxygens (including phenoxy) is 2. The highest BCUT2D eigenvalue weighted by molar-refractivity contribution is 6.06. The Balaban J connectivity index is 1.94. The molecule has 1 aromatic heterocycles. The van der Waals surface area contributed by atoms with Crippen molar-refractivity contribution in [1.29, 1.82) is 5.41 Å². The van der Waals surface area contributed by atoms with E-state index in [0.717, 1.165) is 16.8 Å². The number of fused-ring (bicyclic) bond motifs is 1. The van der Waals surface area contributed by atoms with E-state index in [4.69, 9.17) is 20.0 Å². The minimum atomic E-state index is -0.825. The summed E-state index contributed by atoms with van der Waals surface area (Å²) < 4.78 is 12.0. The number of Topliss-reactive ketones (excluding diaryl/α,β-unsaturated/α-hetero) is 1. The van der Waals surface area contributed by atoms with E-state index >= 15 is 0 Å². The molecule has 3 N–H and O–H groups in total. The van der Waals surface area contributed by atoms with Gasteiger partial charge in [-0.15, -0.1) is 0 Å². The van der Waals surface area contributed by atoms with Crippen LogP contribution in [0.25, 0.3) is 0 Å². The number of rotatable bonds is 15. The van der Waals surface area contributed by atoms with Gasteiger partial charge in [-0.2, -0.15) is 0 Å². The van der Waals surface area contributed by atoms with Gasteiger partial charge < -0.3 is 29.7 Å². The Bertz CT molecular complexity index is 1360. The number of carboxylic acid groups (broad SMARTS) is 1. The summed E-state index contributed by atoms with van der Waals surface area (Å²) in [7, 11) is 1.51. The average Bonchev–Trinajstić information content (AvgIpc) is 3.25. The van der Waals surface area contributed by atoms with Crippen LogP contribution in [0.1, 0.15) is 98.5 Å². The Kier molecular flexibility index (Phi) is 11.1. The first-order valence-corrected chi connectivity index (χ1v) is 14.9. The van der Waals surface area contributed by atoms with Crippen LogP contribution in [0.4, 0.5) is 5.69 Å². The zero-order chi connectivity index (χ0) is 31.9. The van der Waals surface area contributed by atoms with Gasteiger partial charge in [-0.25, -0.2) is 4.98 Å². The van der Waals surface area contributed by atoms with Crippen molar-refractivity contribution < 1.29 is 29.0 Å². The molecular formula is C32H45N5O6. The number of ketones is 1. The summed E-state index contributed by atoms with van der Waals surface area (Å²) in [5.41, 5.74) is 3.07. The second-order valence-corrected chi connectivity index (χ2v) is 11.5. The Hall–Kier alpha value is -4.15. The average molecular weight is 596 g/mol. The Labute approximate surface area is 254 Å². The molecule has 0 fully saturated rings. The fraction of sp³-hybridized carbons (Fsp3) is 0.531. The number of amidine groups is 1. The zero-order valence-corrected chi connectivity index (χ0v) is 26.4. The summed E-state index contributed by atoms with van der Waals surface area (Å²) in [4.78, 5) is 45.4. The largest absolute Gasteiger partial charge is 0.491 e. The minimum Gasteiger partial charge on any atom is -0.491 e. The number of nitrogens with one attached hydrogen (secondary N) is 2. The van der Waals surface area contributed by atoms with Crippen LogP contribution in [0.3, 0.4) is 0 Å². The molecule has 1 aliphatic rings. The maximum Gasteiger partial charge on any atom is 0.303 e. The van der Waals surface area contributed by atoms with Crippen LogP contribution in [-0.2, 0) is 16.8 Å². The molecule has 0 radical (unpaired) electrons. The van der Waals surface area contributed by atoms with Gasteiger partial charge >= 0.3 is 5.97 Å². The first kappa shape index (κ1) is 33.4. The number of anilines is 1. The molecule has 1 amide bonds. The number of benzene rings is 1. The molecule has 0 saturated carbocycles. The normalized spacial score (nSPS) is 12.6. The van der Waals surface area contributed by atoms with Crippen LogP contribution in [0.15, 0.2) is 18.2 Å². The van der Waals surface area contributed by atoms with Gasteiger partial charge in [-0.05, 0) is 57.2 Å². The number of hydrogen-bond acceptors (Lipinski definition) is 8. The molecule has 0 saturated heterocycles. The Morgan fingerprint density at radius 2 is 1.79 bits per heavy atom. The molecule has 43 heavy (non-hydrogen) atoms. The van der Waals surface area contributed by atoms with E-state index in [-0.39, 0.29) is 35.7 Å². The van der Waals surface area contributed by atoms with Gasteiger partial charge in [0.25, 0.3) is 5.91 Å². The third-order valence-corrected chi connectivity index (χ3v) is 7.38. The van der Waals surface area contributed by atoms with Gasteiger partial charge in [0.2, 0.25) is 0 Å². The maximum atomic E-state index is 13.8. The van der Waals surface area contributed by atoms with Gasteiger partial charge in [0, 0.05) is 49.8 Å². The van der Waals surface area contributed by atoms with Gasteiger partial charge in [0.15, 0.2) is 17.2 Å². The van der Waals surface area contributed by atoms with E-state index in [1.807, 2.05) is 32.9 Å². The van der Waals surface area contributed by atoms with Crippen LogP contribution < -0.4 is 19.7 Å². The molecule has 0 aliphatic carbocycles. The smallest absolute Gasteiger partial charge is 0.303 e. The van der Waals surface area contributed by atoms with Crippen molar-refractivity contribution in [2.75, 3.05) is 44.8 Å². The van der Waals surface area contributed by atoms with Crippen molar-refractivity contribution in [2.45, 2.75) is 72.8 Å². The predicted octanol–water partition coefficient (Wildman–Crippen LogP) is 4.64. The number of carbonyl (C=O) groups is 3. The third-order valence-electron chi connectivity index (χ3n) is 7.38. The third kappa shape index (κ3) is 7.82. The Morgan fingerprint density at radius 1 is 1.09 bits per heavy atom. The van der Waals surface area contributed by atoms with Crippen LogP contribution >= 0.6 is 0 Å². The number of aliphatic carboxylic acids is 1. The fourth-order valence-electron chi connectivity index (χ4n) is 5.07. The zero-order valence-electron chi connectivity index (χ0n) is 26.4. The minimum absolute atomic E-state index is 0.0366. The van der Waals surface area contributed by atoms with E-state index in [2.05, 4.69) is 36.0 Å². The van der Waals surface area contributed by atoms with E-state index in [9.17, 15) is 14.4 Å². The molecule has 2 aromatic rings. The summed E-state index contributed by atoms with van der Waals surface area (Å²) in [6.45, 7) is 14.5. The molecule has 1 aromatic carbocycles. The quantitative estimate of drug-likeness (QED) is 0.198. The van der Waals surface area contributed by atoms with Gasteiger partial charge in [0.1, 0.15) is 17.3 Å². The van der Waals surface area contributed by atoms with Gasteiger partial charge in [-0.1, -0.05) is 20.8 Å². The summed E-state index contributed by atoms with van der Waals surface area (Å²) in [5.74, 6) is -0.249. The number of carbonyl (C=O) groups excluding carboxylic acids is 2. The van der Waals surface area contributed by atoms with E-state index in [1.165, 1.54) is 7.05 Å². The molecule has 0 atom stereocenters. The molecule has 11 nitrogen and oxygen atoms in total. The van der Waals surface area contributed by atoms with Crippen molar-refractivity contribution in [2.24, 2.45) is 0 Å². The first-order chi connectivity index (χ1) is 20.4. The fourth-order valence-corrected chi connectivity index (χ4v) is 5.07. The lowest BCUT2D eigenvalue weighted by Gasteiger charge is -2.31. The van der Waals surface area contributed by atoms with Gasteiger partial charge in [-0.3, -0.25) is 19.8 Å². The molecular weight excluding hydrogens is 550 g/mol. The molecule has 1 aliphatic heterocycles. The summed E-state index contributed by atoms with van der Waals surface area (Å²) >= 11 is 0. The van der Waals surface area contributed by atoms with Crippen molar-refractivity contribution in [3.8, 4) is 11.5 Å². The van der Waals surface area contributed by atoms with Gasteiger partial charge in [0.05, 0.1) is 25.4 Å². The number of hydrogen-bond donors (Lipinski definition) is 3. The molecule has 0 unspecified atom stereocenters. The SMILES string of the molecule is CCOc1cc2c(nc1C(=O)NC)C(=N)N(CC(=O)c1cc(N(CC)CC)c(OCCCCC(=O)O)c(C(C)(C)C)c1)C2. The standard InChI is InChI=1S/C32H45N5O6/c1-8-36(9-2)23-16-20(15-22(32(4,5)6)29(23)43-14-12-11-13-26(39)40)24(38)19-37-18-21-17-25(42-10-3)28(31(41)34-7)35-27(21)30(37)33/h15-17,33H,8-14,18-19H2,1-7H3,(H,34,41)(H,39,40).